The maximum absolute atomic E-state index is 13.2. The summed E-state index contributed by atoms with van der Waals surface area (Å²) in [4.78, 5) is 40.7. The molecule has 244 valence electrons. The second-order valence-corrected chi connectivity index (χ2v) is 10.9. The number of methoxy groups -OCH3 is 1. The predicted octanol–water partition coefficient (Wildman–Crippen LogP) is 5.02. The highest BCUT2D eigenvalue weighted by atomic mass is 35.5. The number of benzene rings is 1. The van der Waals surface area contributed by atoms with Crippen molar-refractivity contribution >= 4 is 40.6 Å². The van der Waals surface area contributed by atoms with Crippen molar-refractivity contribution < 1.29 is 37.0 Å². The molecule has 0 spiro atoms. The van der Waals surface area contributed by atoms with Gasteiger partial charge in [-0.25, -0.2) is 15.0 Å². The molecule has 3 N–H and O–H groups in total. The van der Waals surface area contributed by atoms with Gasteiger partial charge in [-0.1, -0.05) is 11.6 Å². The zero-order valence-corrected chi connectivity index (χ0v) is 26.0. The van der Waals surface area contributed by atoms with Gasteiger partial charge in [0, 0.05) is 24.4 Å². The lowest BCUT2D eigenvalue weighted by Gasteiger charge is -2.38. The van der Waals surface area contributed by atoms with Crippen LogP contribution >= 0.6 is 11.6 Å². The van der Waals surface area contributed by atoms with Crippen LogP contribution in [0.15, 0.2) is 42.7 Å². The van der Waals surface area contributed by atoms with Gasteiger partial charge in [-0.05, 0) is 51.1 Å². The summed E-state index contributed by atoms with van der Waals surface area (Å²) in [7, 11) is 1.46. The second-order valence-electron chi connectivity index (χ2n) is 10.5. The molecule has 2 amide bonds. The summed E-state index contributed by atoms with van der Waals surface area (Å²) < 4.78 is 58.3. The fourth-order valence-corrected chi connectivity index (χ4v) is 5.31. The first-order chi connectivity index (χ1) is 21.8. The van der Waals surface area contributed by atoms with Gasteiger partial charge in [0.15, 0.2) is 0 Å². The van der Waals surface area contributed by atoms with E-state index in [0.717, 1.165) is 18.3 Å². The summed E-state index contributed by atoms with van der Waals surface area (Å²) in [5.74, 6) is -0.485. The Bertz CT molecular complexity index is 1780. The summed E-state index contributed by atoms with van der Waals surface area (Å²) >= 11 is 6.63. The third-order valence-electron chi connectivity index (χ3n) is 7.50. The molecule has 1 fully saturated rings. The van der Waals surface area contributed by atoms with Gasteiger partial charge in [0.1, 0.15) is 51.8 Å². The number of nitrogens with zero attached hydrogens (tertiary/aromatic N) is 5. The Morgan fingerprint density at radius 3 is 2.70 bits per heavy atom. The highest BCUT2D eigenvalue weighted by molar-refractivity contribution is 6.30. The van der Waals surface area contributed by atoms with Gasteiger partial charge in [0.25, 0.3) is 11.8 Å². The van der Waals surface area contributed by atoms with Crippen LogP contribution < -0.4 is 15.8 Å². The van der Waals surface area contributed by atoms with Crippen LogP contribution in [0.5, 0.6) is 5.75 Å². The zero-order valence-electron chi connectivity index (χ0n) is 25.3. The number of rotatable bonds is 8. The first-order valence-corrected chi connectivity index (χ1v) is 14.6. The largest absolute Gasteiger partial charge is 0.493 e. The van der Waals surface area contributed by atoms with Crippen LogP contribution in [-0.2, 0) is 20.4 Å². The number of carbonyl (C=O) groups is 2. The number of anilines is 2. The summed E-state index contributed by atoms with van der Waals surface area (Å²) in [5, 5.41) is 2.58. The van der Waals surface area contributed by atoms with Crippen molar-refractivity contribution in [1.29, 1.82) is 0 Å². The van der Waals surface area contributed by atoms with E-state index < -0.39 is 29.9 Å². The molecule has 16 heteroatoms. The van der Waals surface area contributed by atoms with Crippen LogP contribution in [0.25, 0.3) is 16.8 Å². The van der Waals surface area contributed by atoms with Crippen molar-refractivity contribution in [3.05, 3.63) is 64.8 Å². The number of imidazole rings is 1. The molecular weight excluding hydrogens is 631 g/mol. The molecule has 1 aromatic carbocycles. The molecule has 5 rings (SSSR count). The van der Waals surface area contributed by atoms with Crippen LogP contribution in [0.1, 0.15) is 48.6 Å². The predicted molar refractivity (Wildman–Crippen MR) is 163 cm³/mol. The van der Waals surface area contributed by atoms with Crippen molar-refractivity contribution in [3.63, 3.8) is 0 Å². The number of aromatic nitrogens is 4. The summed E-state index contributed by atoms with van der Waals surface area (Å²) in [6.45, 7) is 5.88. The van der Waals surface area contributed by atoms with Gasteiger partial charge < -0.3 is 30.2 Å². The molecule has 1 aliphatic heterocycles. The van der Waals surface area contributed by atoms with Crippen molar-refractivity contribution in [2.75, 3.05) is 37.9 Å². The van der Waals surface area contributed by atoms with E-state index in [1.165, 1.54) is 25.4 Å². The molecule has 3 atom stereocenters. The zero-order chi connectivity index (χ0) is 33.3. The monoisotopic (exact) mass is 661 g/mol. The van der Waals surface area contributed by atoms with Crippen LogP contribution in [0, 0.1) is 0 Å². The number of nitrogen functional groups attached to an aromatic ring is 1. The Kier molecular flexibility index (Phi) is 9.37. The SMILES string of the molecule is CCOc1cc(C(=O)Nc2cc(C(F)(F)F)ccn2)ccc1-c1nc([C@H]2CN(C(=O)C(C)OC)[C@@H](C)CO2)n2c(Cl)cnc(N)c12. The number of amides is 2. The molecule has 46 heavy (non-hydrogen) atoms. The third-order valence-corrected chi connectivity index (χ3v) is 7.77. The molecule has 0 radical (unpaired) electrons. The van der Waals surface area contributed by atoms with E-state index in [4.69, 9.17) is 36.5 Å². The fourth-order valence-electron chi connectivity index (χ4n) is 5.09. The lowest BCUT2D eigenvalue weighted by atomic mass is 10.1. The number of pyridine rings is 1. The number of hydrogen-bond acceptors (Lipinski definition) is 9. The van der Waals surface area contributed by atoms with E-state index in [1.807, 2.05) is 6.92 Å². The van der Waals surface area contributed by atoms with Crippen LogP contribution in [0.2, 0.25) is 5.15 Å². The van der Waals surface area contributed by atoms with Crippen LogP contribution in [0.3, 0.4) is 0 Å². The first kappa shape index (κ1) is 32.9. The summed E-state index contributed by atoms with van der Waals surface area (Å²) in [6.07, 6.45) is -3.63. The number of halogens is 4. The van der Waals surface area contributed by atoms with Gasteiger partial charge in [0.05, 0.1) is 37.6 Å². The molecule has 1 saturated heterocycles. The summed E-state index contributed by atoms with van der Waals surface area (Å²) in [5.41, 5.74) is 6.58. The van der Waals surface area contributed by atoms with E-state index in [9.17, 15) is 22.8 Å². The molecule has 4 aromatic rings. The lowest BCUT2D eigenvalue weighted by Crippen LogP contribution is -2.51. The van der Waals surface area contributed by atoms with E-state index in [0.29, 0.717) is 22.6 Å². The van der Waals surface area contributed by atoms with Crippen molar-refractivity contribution in [2.24, 2.45) is 0 Å². The number of morpholine rings is 1. The van der Waals surface area contributed by atoms with Crippen molar-refractivity contribution in [3.8, 4) is 17.0 Å². The standard InChI is InChI=1S/C30H31ClF3N7O5/c1-5-45-20-10-17(28(42)38-23-11-18(8-9-36-23)30(32,33)34)6-7-19(20)24-25-26(35)37-12-22(31)41(25)27(39-24)21-13-40(15(2)14-46-21)29(43)16(3)44-4/h6-12,15-16,21H,5,13-14H2,1-4H3,(H2,35,37)(H,36,38,42)/t15-,16?,21+/m0/s1. The Morgan fingerprint density at radius 2 is 2.00 bits per heavy atom. The quantitative estimate of drug-likeness (QED) is 0.266. The minimum absolute atomic E-state index is 0.0882. The van der Waals surface area contributed by atoms with Gasteiger partial charge in [0.2, 0.25) is 0 Å². The molecule has 1 unspecified atom stereocenters. The minimum atomic E-state index is -4.60. The van der Waals surface area contributed by atoms with E-state index in [-0.39, 0.29) is 59.8 Å². The number of ether oxygens (including phenoxy) is 3. The average Bonchev–Trinajstić information content (AvgIpc) is 3.44. The van der Waals surface area contributed by atoms with Gasteiger partial charge >= 0.3 is 6.18 Å². The number of hydrogen-bond donors (Lipinski definition) is 2. The van der Waals surface area contributed by atoms with Crippen LogP contribution in [0.4, 0.5) is 24.8 Å². The molecule has 3 aromatic heterocycles. The number of nitrogens with two attached hydrogens (primary N) is 1. The number of carbonyl (C=O) groups excluding carboxylic acids is 2. The smallest absolute Gasteiger partial charge is 0.416 e. The van der Waals surface area contributed by atoms with Gasteiger partial charge in [-0.15, -0.1) is 0 Å². The topological polar surface area (TPSA) is 146 Å². The number of alkyl halides is 3. The molecular formula is C30H31ClF3N7O5. The molecule has 4 heterocycles. The van der Waals surface area contributed by atoms with Gasteiger partial charge in [-0.3, -0.25) is 14.0 Å². The molecule has 0 bridgehead atoms. The Balaban J connectivity index is 1.55. The normalized spacial score (nSPS) is 17.6. The fraction of sp³-hybridized carbons (Fsp3) is 0.367. The maximum atomic E-state index is 13.2. The van der Waals surface area contributed by atoms with E-state index in [2.05, 4.69) is 15.3 Å². The Labute approximate surface area is 266 Å². The van der Waals surface area contributed by atoms with E-state index in [1.54, 1.807) is 29.2 Å². The molecule has 0 aliphatic carbocycles. The average molecular weight is 662 g/mol. The first-order valence-electron chi connectivity index (χ1n) is 14.2. The minimum Gasteiger partial charge on any atom is -0.493 e. The Hall–Kier alpha value is -4.47. The second kappa shape index (κ2) is 13.1. The lowest BCUT2D eigenvalue weighted by molar-refractivity contribution is -0.154. The number of fused-ring (bicyclic) bond motifs is 1. The highest BCUT2D eigenvalue weighted by Crippen LogP contribution is 2.39. The van der Waals surface area contributed by atoms with Gasteiger partial charge in [-0.2, -0.15) is 13.2 Å². The highest BCUT2D eigenvalue weighted by Gasteiger charge is 2.36. The molecule has 0 saturated carbocycles. The Morgan fingerprint density at radius 1 is 1.24 bits per heavy atom. The summed E-state index contributed by atoms with van der Waals surface area (Å²) in [6, 6.07) is 5.81. The third kappa shape index (κ3) is 6.43. The molecule has 12 nitrogen and oxygen atoms in total. The molecule has 1 aliphatic rings. The maximum Gasteiger partial charge on any atom is 0.416 e. The van der Waals surface area contributed by atoms with Crippen molar-refractivity contribution in [2.45, 2.75) is 45.2 Å². The van der Waals surface area contributed by atoms with Crippen LogP contribution in [-0.4, -0.2) is 75.1 Å². The number of nitrogens with one attached hydrogen (secondary N) is 1. The van der Waals surface area contributed by atoms with Crippen molar-refractivity contribution in [1.82, 2.24) is 24.3 Å². The van der Waals surface area contributed by atoms with E-state index >= 15 is 0 Å².